The number of carbonyl (C=O) groups excluding carboxylic acids is 1. The molecule has 2 aromatic heterocycles. The molecular formula is C74H57Br2N2NaO2Si. The summed E-state index contributed by atoms with van der Waals surface area (Å²) in [5.41, 5.74) is 23.2. The predicted octanol–water partition coefficient (Wildman–Crippen LogP) is 16.9. The van der Waals surface area contributed by atoms with E-state index in [-0.39, 0.29) is 40.8 Å². The second kappa shape index (κ2) is 28.7. The first-order valence-corrected chi connectivity index (χ1v) is 31.6. The second-order valence-corrected chi connectivity index (χ2v) is 26.7. The first-order valence-electron chi connectivity index (χ1n) is 26.6. The minimum absolute atomic E-state index is 0. The Balaban J connectivity index is 0.000000176. The van der Waals surface area contributed by atoms with Crippen LogP contribution in [0.25, 0.3) is 78.1 Å². The number of aromatic nitrogens is 2. The maximum atomic E-state index is 14.0. The average molecular weight is 1220 g/mol. The third-order valence-electron chi connectivity index (χ3n) is 13.3. The van der Waals surface area contributed by atoms with Gasteiger partial charge in [0.2, 0.25) is 0 Å². The van der Waals surface area contributed by atoms with E-state index in [2.05, 4.69) is 232 Å². The SMILES string of the molecule is Brc1ccc(-c2cc(-c3ccccc3)c(-c3ccccc3)c(-c3ccccc3)c2-c2ccccc2)nc1.C[Si](C)(C)C#Cc1ccc(Br)cn1.O=C1C(c2ccccc2)=C(c2ccccc2)C(c2ccccc2)=C1c1ccccc1.[Na+].[OH-]. The van der Waals surface area contributed by atoms with Crippen LogP contribution in [0.15, 0.2) is 294 Å². The number of allylic oxidation sites excluding steroid dienone is 4. The fourth-order valence-electron chi connectivity index (χ4n) is 9.82. The Morgan fingerprint density at radius 3 is 1.01 bits per heavy atom. The number of benzene rings is 9. The summed E-state index contributed by atoms with van der Waals surface area (Å²) < 4.78 is 1.95. The molecule has 0 saturated heterocycles. The van der Waals surface area contributed by atoms with Gasteiger partial charge < -0.3 is 5.48 Å². The minimum atomic E-state index is -1.27. The largest absolute Gasteiger partial charge is 1.00 e. The monoisotopic (exact) mass is 1210 g/mol. The van der Waals surface area contributed by atoms with Crippen molar-refractivity contribution < 1.29 is 39.8 Å². The van der Waals surface area contributed by atoms with E-state index in [1.165, 1.54) is 38.9 Å². The van der Waals surface area contributed by atoms with Crippen molar-refractivity contribution in [1.82, 2.24) is 9.97 Å². The van der Waals surface area contributed by atoms with Gasteiger partial charge in [-0.3, -0.25) is 9.78 Å². The summed E-state index contributed by atoms with van der Waals surface area (Å²) in [7, 11) is -1.27. The van der Waals surface area contributed by atoms with E-state index in [0.717, 1.165) is 76.0 Å². The molecule has 0 atom stereocenters. The number of Topliss-reactive ketones (excluding diaryl/α,β-unsaturated/α-hetero) is 1. The third kappa shape index (κ3) is 14.6. The normalized spacial score (nSPS) is 11.6. The molecule has 1 aliphatic carbocycles. The maximum absolute atomic E-state index is 14.0. The molecule has 0 radical (unpaired) electrons. The van der Waals surface area contributed by atoms with Crippen LogP contribution in [0.3, 0.4) is 0 Å². The van der Waals surface area contributed by atoms with Crippen LogP contribution >= 0.6 is 31.9 Å². The zero-order valence-corrected chi connectivity index (χ0v) is 52.3. The average Bonchev–Trinajstić information content (AvgIpc) is 2.58. The molecule has 8 heteroatoms. The van der Waals surface area contributed by atoms with Gasteiger partial charge in [-0.05, 0) is 129 Å². The van der Waals surface area contributed by atoms with E-state index in [4.69, 9.17) is 4.98 Å². The molecule has 0 fully saturated rings. The molecule has 1 aliphatic rings. The fourth-order valence-corrected chi connectivity index (χ4v) is 10.8. The predicted molar refractivity (Wildman–Crippen MR) is 348 cm³/mol. The van der Waals surface area contributed by atoms with Crippen LogP contribution in [0.1, 0.15) is 27.9 Å². The van der Waals surface area contributed by atoms with Gasteiger partial charge in [-0.15, -0.1) is 5.54 Å². The van der Waals surface area contributed by atoms with Gasteiger partial charge in [0.25, 0.3) is 0 Å². The Morgan fingerprint density at radius 2 is 0.671 bits per heavy atom. The summed E-state index contributed by atoms with van der Waals surface area (Å²) in [4.78, 5) is 23.0. The van der Waals surface area contributed by atoms with Crippen molar-refractivity contribution in [3.63, 3.8) is 0 Å². The van der Waals surface area contributed by atoms with Gasteiger partial charge in [-0.2, -0.15) is 0 Å². The smallest absolute Gasteiger partial charge is 0.870 e. The molecular weight excluding hydrogens is 1160 g/mol. The van der Waals surface area contributed by atoms with Gasteiger partial charge in [0, 0.05) is 49.2 Å². The summed E-state index contributed by atoms with van der Waals surface area (Å²) in [6.45, 7) is 6.66. The van der Waals surface area contributed by atoms with Gasteiger partial charge in [0.1, 0.15) is 13.8 Å². The van der Waals surface area contributed by atoms with Crippen molar-refractivity contribution in [1.29, 1.82) is 0 Å². The summed E-state index contributed by atoms with van der Waals surface area (Å²) >= 11 is 6.90. The van der Waals surface area contributed by atoms with Crippen molar-refractivity contribution in [2.45, 2.75) is 19.6 Å². The Labute approximate surface area is 522 Å². The molecule has 9 aromatic carbocycles. The Kier molecular flexibility index (Phi) is 21.1. The van der Waals surface area contributed by atoms with Gasteiger partial charge >= 0.3 is 29.6 Å². The molecule has 0 bridgehead atoms. The number of nitrogens with zero attached hydrogens (tertiary/aromatic N) is 2. The van der Waals surface area contributed by atoms with Crippen molar-refractivity contribution in [2.24, 2.45) is 0 Å². The van der Waals surface area contributed by atoms with Crippen LogP contribution in [0.4, 0.5) is 0 Å². The van der Waals surface area contributed by atoms with Crippen molar-refractivity contribution in [3.8, 4) is 67.2 Å². The zero-order valence-electron chi connectivity index (χ0n) is 46.1. The molecule has 82 heavy (non-hydrogen) atoms. The topological polar surface area (TPSA) is 72.8 Å². The van der Waals surface area contributed by atoms with E-state index < -0.39 is 8.07 Å². The molecule has 11 aromatic rings. The van der Waals surface area contributed by atoms with Crippen molar-refractivity contribution in [3.05, 3.63) is 322 Å². The molecule has 0 unspecified atom stereocenters. The second-order valence-electron chi connectivity index (χ2n) is 20.1. The zero-order chi connectivity index (χ0) is 55.3. The number of hydrogen-bond acceptors (Lipinski definition) is 4. The van der Waals surface area contributed by atoms with Crippen molar-refractivity contribution in [2.75, 3.05) is 0 Å². The number of hydrogen-bond donors (Lipinski definition) is 0. The van der Waals surface area contributed by atoms with Gasteiger partial charge in [-0.1, -0.05) is 268 Å². The molecule has 0 aliphatic heterocycles. The molecule has 1 N–H and O–H groups in total. The first kappa shape index (κ1) is 60.2. The van der Waals surface area contributed by atoms with Gasteiger partial charge in [0.05, 0.1) is 5.69 Å². The minimum Gasteiger partial charge on any atom is -0.870 e. The van der Waals surface area contributed by atoms with E-state index in [1.807, 2.05) is 115 Å². The molecule has 0 amide bonds. The van der Waals surface area contributed by atoms with Crippen LogP contribution in [-0.4, -0.2) is 29.3 Å². The molecule has 12 rings (SSSR count). The summed E-state index contributed by atoms with van der Waals surface area (Å²) in [5.74, 6) is 3.17. The number of pyridine rings is 2. The molecule has 394 valence electrons. The molecule has 2 heterocycles. The quantitative estimate of drug-likeness (QED) is 0.107. The van der Waals surface area contributed by atoms with E-state index >= 15 is 0 Å². The summed E-state index contributed by atoms with van der Waals surface area (Å²) in [6, 6.07) is 93.6. The standard InChI is InChI=1S/C35H24BrN.C29H20O.C10H12BrNSi.Na.H2O/c36-29-21-22-32(37-24-29)31-23-30(25-13-5-1-6-14-25)33(26-15-7-2-8-16-26)35(28-19-11-4-12-20-28)34(31)27-17-9-3-10-18-27;30-29-27(23-17-9-3-10-18-23)25(21-13-5-1-6-14-21)26(22-15-7-2-8-16-22)28(29)24-19-11-4-12-20-24;1-13(2,3)7-6-10-5-4-9(11)8-12-10;;/h1-24H;1-20H;4-5,8H,1-3H3;;1H2/q;;;+1;/p-1. The van der Waals surface area contributed by atoms with E-state index in [1.54, 1.807) is 6.20 Å². The van der Waals surface area contributed by atoms with Crippen LogP contribution < -0.4 is 29.6 Å². The molecule has 0 spiro atoms. The third-order valence-corrected chi connectivity index (χ3v) is 15.2. The first-order chi connectivity index (χ1) is 39.1. The molecule has 0 saturated carbocycles. The summed E-state index contributed by atoms with van der Waals surface area (Å²) in [5, 5.41) is 0. The van der Waals surface area contributed by atoms with Crippen LogP contribution in [0.2, 0.25) is 19.6 Å². The summed E-state index contributed by atoms with van der Waals surface area (Å²) in [6.07, 6.45) is 3.65. The Hall–Kier alpha value is -7.87. The van der Waals surface area contributed by atoms with Crippen molar-refractivity contribution >= 4 is 68.0 Å². The van der Waals surface area contributed by atoms with Crippen LogP contribution in [0.5, 0.6) is 0 Å². The van der Waals surface area contributed by atoms with E-state index in [9.17, 15) is 4.79 Å². The Bertz CT molecular complexity index is 3900. The van der Waals surface area contributed by atoms with Crippen LogP contribution in [0, 0.1) is 11.5 Å². The van der Waals surface area contributed by atoms with Gasteiger partial charge in [0.15, 0.2) is 5.78 Å². The molecule has 4 nitrogen and oxygen atoms in total. The van der Waals surface area contributed by atoms with Gasteiger partial charge in [-0.25, -0.2) is 4.98 Å². The number of rotatable bonds is 9. The number of ketones is 1. The Morgan fingerprint density at radius 1 is 0.354 bits per heavy atom. The van der Waals surface area contributed by atoms with E-state index in [0.29, 0.717) is 0 Å². The number of carbonyl (C=O) groups is 1. The maximum Gasteiger partial charge on any atom is 1.00 e. The van der Waals surface area contributed by atoms with Crippen LogP contribution in [-0.2, 0) is 4.79 Å². The number of halogens is 2. The fraction of sp³-hybridized carbons (Fsp3) is 0.0405.